The summed E-state index contributed by atoms with van der Waals surface area (Å²) in [5, 5.41) is 3.01. The molecule has 0 spiro atoms. The van der Waals surface area contributed by atoms with Gasteiger partial charge in [-0.05, 0) is 32.9 Å². The van der Waals surface area contributed by atoms with Crippen LogP contribution >= 0.6 is 11.3 Å². The van der Waals surface area contributed by atoms with Gasteiger partial charge in [-0.1, -0.05) is 12.8 Å². The van der Waals surface area contributed by atoms with E-state index in [2.05, 4.69) is 9.88 Å². The molecule has 0 aliphatic carbocycles. The highest BCUT2D eigenvalue weighted by Crippen LogP contribution is 2.28. The molecule has 1 aliphatic rings. The molecule has 1 fully saturated rings. The van der Waals surface area contributed by atoms with Gasteiger partial charge in [0, 0.05) is 11.6 Å². The van der Waals surface area contributed by atoms with Gasteiger partial charge in [-0.3, -0.25) is 9.69 Å². The number of likely N-dealkylation sites (tertiary alicyclic amines) is 1. The van der Waals surface area contributed by atoms with Crippen LogP contribution in [0.2, 0.25) is 0 Å². The maximum atomic E-state index is 11.8. The Balaban J connectivity index is 2.06. The molecule has 4 nitrogen and oxygen atoms in total. The molecule has 1 aliphatic heterocycles. The molecule has 0 saturated carbocycles. The van der Waals surface area contributed by atoms with Crippen molar-refractivity contribution in [2.45, 2.75) is 45.1 Å². The summed E-state index contributed by atoms with van der Waals surface area (Å²) in [7, 11) is 0. The number of hydrogen-bond donors (Lipinski definition) is 0. The molecule has 0 bridgehead atoms. The van der Waals surface area contributed by atoms with E-state index in [1.807, 2.05) is 18.5 Å². The van der Waals surface area contributed by atoms with Crippen LogP contribution in [0.4, 0.5) is 0 Å². The third kappa shape index (κ3) is 4.28. The fourth-order valence-corrected chi connectivity index (χ4v) is 3.33. The minimum Gasteiger partial charge on any atom is -0.466 e. The van der Waals surface area contributed by atoms with Crippen molar-refractivity contribution in [1.82, 2.24) is 9.88 Å². The van der Waals surface area contributed by atoms with Crippen LogP contribution < -0.4 is 0 Å². The van der Waals surface area contributed by atoms with Crippen molar-refractivity contribution in [3.05, 3.63) is 16.6 Å². The smallest absolute Gasteiger partial charge is 0.307 e. The van der Waals surface area contributed by atoms with Gasteiger partial charge < -0.3 is 4.74 Å². The van der Waals surface area contributed by atoms with E-state index in [4.69, 9.17) is 4.74 Å². The molecule has 1 saturated heterocycles. The number of rotatable bonds is 5. The Morgan fingerprint density at radius 3 is 2.74 bits per heavy atom. The number of ether oxygens (including phenoxy) is 1. The third-order valence-corrected chi connectivity index (χ3v) is 4.36. The van der Waals surface area contributed by atoms with E-state index >= 15 is 0 Å². The number of hydrogen-bond acceptors (Lipinski definition) is 5. The second-order valence-corrected chi connectivity index (χ2v) is 5.77. The summed E-state index contributed by atoms with van der Waals surface area (Å²) in [4.78, 5) is 18.6. The SMILES string of the molecule is CCOC(=O)CC(c1nccs1)N1CCCCCC1. The lowest BCUT2D eigenvalue weighted by Gasteiger charge is -2.28. The zero-order valence-corrected chi connectivity index (χ0v) is 12.3. The quantitative estimate of drug-likeness (QED) is 0.779. The Morgan fingerprint density at radius 2 is 2.16 bits per heavy atom. The van der Waals surface area contributed by atoms with Crippen LogP contribution in [0.1, 0.15) is 50.1 Å². The average molecular weight is 282 g/mol. The predicted octanol–water partition coefficient (Wildman–Crippen LogP) is 3.01. The molecule has 5 heteroatoms. The standard InChI is InChI=1S/C14H22N2O2S/c1-2-18-13(17)11-12(14-15-7-10-19-14)16-8-5-3-4-6-9-16/h7,10,12H,2-6,8-9,11H2,1H3. The number of aromatic nitrogens is 1. The molecule has 1 aromatic heterocycles. The van der Waals surface area contributed by atoms with E-state index in [1.165, 1.54) is 25.7 Å². The van der Waals surface area contributed by atoms with Gasteiger partial charge in [0.25, 0.3) is 0 Å². The first-order valence-electron chi connectivity index (χ1n) is 7.10. The molecular weight excluding hydrogens is 260 g/mol. The van der Waals surface area contributed by atoms with Gasteiger partial charge in [0.15, 0.2) is 0 Å². The predicted molar refractivity (Wildman–Crippen MR) is 76.1 cm³/mol. The van der Waals surface area contributed by atoms with E-state index in [1.54, 1.807) is 11.3 Å². The monoisotopic (exact) mass is 282 g/mol. The van der Waals surface area contributed by atoms with Gasteiger partial charge in [-0.2, -0.15) is 0 Å². The molecule has 1 atom stereocenters. The lowest BCUT2D eigenvalue weighted by atomic mass is 10.1. The molecular formula is C14H22N2O2S. The second-order valence-electron chi connectivity index (χ2n) is 4.85. The molecule has 0 N–H and O–H groups in total. The normalized spacial score (nSPS) is 18.8. The highest BCUT2D eigenvalue weighted by atomic mass is 32.1. The van der Waals surface area contributed by atoms with E-state index in [9.17, 15) is 4.79 Å². The van der Waals surface area contributed by atoms with Crippen molar-refractivity contribution in [3.8, 4) is 0 Å². The van der Waals surface area contributed by atoms with Crippen molar-refractivity contribution in [2.24, 2.45) is 0 Å². The van der Waals surface area contributed by atoms with Crippen LogP contribution in [-0.2, 0) is 9.53 Å². The molecule has 0 amide bonds. The minimum atomic E-state index is -0.119. The van der Waals surface area contributed by atoms with Crippen molar-refractivity contribution >= 4 is 17.3 Å². The third-order valence-electron chi connectivity index (χ3n) is 3.48. The molecule has 0 aromatic carbocycles. The maximum Gasteiger partial charge on any atom is 0.307 e. The van der Waals surface area contributed by atoms with E-state index in [-0.39, 0.29) is 12.0 Å². The fraction of sp³-hybridized carbons (Fsp3) is 0.714. The van der Waals surface area contributed by atoms with Crippen LogP contribution in [0.15, 0.2) is 11.6 Å². The first kappa shape index (κ1) is 14.5. The first-order chi connectivity index (χ1) is 9.31. The zero-order valence-electron chi connectivity index (χ0n) is 11.5. The number of nitrogens with zero attached hydrogens (tertiary/aromatic N) is 2. The Bertz CT molecular complexity index is 373. The van der Waals surface area contributed by atoms with Gasteiger partial charge in [0.2, 0.25) is 0 Å². The number of carbonyl (C=O) groups excluding carboxylic acids is 1. The van der Waals surface area contributed by atoms with Crippen LogP contribution in [0.3, 0.4) is 0 Å². The van der Waals surface area contributed by atoms with Crippen molar-refractivity contribution < 1.29 is 9.53 Å². The van der Waals surface area contributed by atoms with Gasteiger partial charge in [0.1, 0.15) is 5.01 Å². The highest BCUT2D eigenvalue weighted by Gasteiger charge is 2.26. The average Bonchev–Trinajstić information content (AvgIpc) is 2.79. The largest absolute Gasteiger partial charge is 0.466 e. The Hall–Kier alpha value is -0.940. The number of esters is 1. The van der Waals surface area contributed by atoms with Crippen LogP contribution in [0, 0.1) is 0 Å². The topological polar surface area (TPSA) is 42.4 Å². The Labute approximate surface area is 118 Å². The molecule has 2 heterocycles. The number of carbonyl (C=O) groups is 1. The van der Waals surface area contributed by atoms with Gasteiger partial charge >= 0.3 is 5.97 Å². The molecule has 0 radical (unpaired) electrons. The summed E-state index contributed by atoms with van der Waals surface area (Å²) in [6, 6.07) is 0.0946. The van der Waals surface area contributed by atoms with Crippen molar-refractivity contribution in [2.75, 3.05) is 19.7 Å². The molecule has 106 valence electrons. The first-order valence-corrected chi connectivity index (χ1v) is 7.98. The second kappa shape index (κ2) is 7.60. The minimum absolute atomic E-state index is 0.0946. The van der Waals surface area contributed by atoms with Gasteiger partial charge in [0.05, 0.1) is 19.1 Å². The summed E-state index contributed by atoms with van der Waals surface area (Å²) in [6.45, 7) is 4.42. The summed E-state index contributed by atoms with van der Waals surface area (Å²) >= 11 is 1.63. The highest BCUT2D eigenvalue weighted by molar-refractivity contribution is 7.09. The van der Waals surface area contributed by atoms with Crippen molar-refractivity contribution in [1.29, 1.82) is 0 Å². The van der Waals surface area contributed by atoms with Crippen LogP contribution in [0.25, 0.3) is 0 Å². The van der Waals surface area contributed by atoms with Gasteiger partial charge in [-0.15, -0.1) is 11.3 Å². The Kier molecular flexibility index (Phi) is 5.79. The van der Waals surface area contributed by atoms with Crippen LogP contribution in [0.5, 0.6) is 0 Å². The van der Waals surface area contributed by atoms with E-state index < -0.39 is 0 Å². The lowest BCUT2D eigenvalue weighted by molar-refractivity contribution is -0.144. The summed E-state index contributed by atoms with van der Waals surface area (Å²) in [6.07, 6.45) is 7.24. The Morgan fingerprint density at radius 1 is 1.42 bits per heavy atom. The van der Waals surface area contributed by atoms with E-state index in [0.717, 1.165) is 18.1 Å². The summed E-state index contributed by atoms with van der Waals surface area (Å²) in [5.41, 5.74) is 0. The summed E-state index contributed by atoms with van der Waals surface area (Å²) in [5.74, 6) is -0.119. The van der Waals surface area contributed by atoms with Crippen LogP contribution in [-0.4, -0.2) is 35.5 Å². The van der Waals surface area contributed by atoms with Crippen molar-refractivity contribution in [3.63, 3.8) is 0 Å². The number of thiazole rings is 1. The molecule has 1 unspecified atom stereocenters. The fourth-order valence-electron chi connectivity index (χ4n) is 2.56. The zero-order chi connectivity index (χ0) is 13.5. The summed E-state index contributed by atoms with van der Waals surface area (Å²) < 4.78 is 5.10. The molecule has 19 heavy (non-hydrogen) atoms. The maximum absolute atomic E-state index is 11.8. The lowest BCUT2D eigenvalue weighted by Crippen LogP contribution is -2.31. The molecule has 2 rings (SSSR count). The van der Waals surface area contributed by atoms with E-state index in [0.29, 0.717) is 13.0 Å². The van der Waals surface area contributed by atoms with Gasteiger partial charge in [-0.25, -0.2) is 4.98 Å². The molecule has 1 aromatic rings.